The zero-order valence-electron chi connectivity index (χ0n) is 14.2. The summed E-state index contributed by atoms with van der Waals surface area (Å²) < 4.78 is 2.08. The fourth-order valence-corrected chi connectivity index (χ4v) is 3.61. The minimum atomic E-state index is 0.237. The Labute approximate surface area is 129 Å². The number of hydrogen-bond acceptors (Lipinski definition) is 3. The van der Waals surface area contributed by atoms with Crippen molar-refractivity contribution in [3.8, 4) is 0 Å². The SMILES string of the molecule is CCCC1CCCCN1c1c(CC(N)CC)c(C)nn1C. The first-order chi connectivity index (χ1) is 10.1. The highest BCUT2D eigenvalue weighted by Crippen LogP contribution is 2.32. The summed E-state index contributed by atoms with van der Waals surface area (Å²) in [5, 5.41) is 4.69. The largest absolute Gasteiger partial charge is 0.354 e. The fourth-order valence-electron chi connectivity index (χ4n) is 3.61. The van der Waals surface area contributed by atoms with Crippen LogP contribution in [0.3, 0.4) is 0 Å². The van der Waals surface area contributed by atoms with Crippen LogP contribution in [0.5, 0.6) is 0 Å². The third-order valence-electron chi connectivity index (χ3n) is 4.82. The molecule has 1 aliphatic rings. The van der Waals surface area contributed by atoms with Crippen LogP contribution in [0.1, 0.15) is 63.6 Å². The molecular weight excluding hydrogens is 260 g/mol. The van der Waals surface area contributed by atoms with E-state index in [1.165, 1.54) is 43.5 Å². The highest BCUT2D eigenvalue weighted by molar-refractivity contribution is 5.52. The van der Waals surface area contributed by atoms with Gasteiger partial charge in [-0.15, -0.1) is 0 Å². The normalized spacial score (nSPS) is 20.8. The van der Waals surface area contributed by atoms with Crippen molar-refractivity contribution >= 4 is 5.82 Å². The predicted molar refractivity (Wildman–Crippen MR) is 89.8 cm³/mol. The number of nitrogens with two attached hydrogens (primary N) is 1. The average Bonchev–Trinajstić information content (AvgIpc) is 2.74. The quantitative estimate of drug-likeness (QED) is 0.876. The summed E-state index contributed by atoms with van der Waals surface area (Å²) in [5.41, 5.74) is 8.74. The van der Waals surface area contributed by atoms with Gasteiger partial charge in [-0.3, -0.25) is 4.68 Å². The molecule has 1 aliphatic heterocycles. The number of anilines is 1. The summed E-state index contributed by atoms with van der Waals surface area (Å²) in [6.07, 6.45) is 8.47. The van der Waals surface area contributed by atoms with Crippen molar-refractivity contribution in [2.24, 2.45) is 12.8 Å². The maximum Gasteiger partial charge on any atom is 0.130 e. The Bertz CT molecular complexity index is 450. The van der Waals surface area contributed by atoms with E-state index in [0.717, 1.165) is 25.1 Å². The Morgan fingerprint density at radius 2 is 2.10 bits per heavy atom. The van der Waals surface area contributed by atoms with Gasteiger partial charge in [0.15, 0.2) is 0 Å². The predicted octanol–water partition coefficient (Wildman–Crippen LogP) is 3.17. The first-order valence-electron chi connectivity index (χ1n) is 8.63. The van der Waals surface area contributed by atoms with Gasteiger partial charge in [0.2, 0.25) is 0 Å². The van der Waals surface area contributed by atoms with Crippen LogP contribution in [-0.4, -0.2) is 28.4 Å². The van der Waals surface area contributed by atoms with E-state index in [0.29, 0.717) is 6.04 Å². The first-order valence-corrected chi connectivity index (χ1v) is 8.63. The molecule has 1 aromatic rings. The molecule has 0 aliphatic carbocycles. The molecule has 0 bridgehead atoms. The van der Waals surface area contributed by atoms with Crippen LogP contribution in [0.2, 0.25) is 0 Å². The van der Waals surface area contributed by atoms with Crippen LogP contribution >= 0.6 is 0 Å². The monoisotopic (exact) mass is 292 g/mol. The first kappa shape index (κ1) is 16.3. The Morgan fingerprint density at radius 1 is 1.33 bits per heavy atom. The van der Waals surface area contributed by atoms with Gasteiger partial charge in [0.25, 0.3) is 0 Å². The molecule has 0 amide bonds. The van der Waals surface area contributed by atoms with E-state index in [9.17, 15) is 0 Å². The zero-order valence-corrected chi connectivity index (χ0v) is 14.2. The van der Waals surface area contributed by atoms with Gasteiger partial charge in [0.1, 0.15) is 5.82 Å². The van der Waals surface area contributed by atoms with Gasteiger partial charge >= 0.3 is 0 Å². The average molecular weight is 292 g/mol. The van der Waals surface area contributed by atoms with Gasteiger partial charge in [-0.2, -0.15) is 5.10 Å². The van der Waals surface area contributed by atoms with Crippen LogP contribution in [0.15, 0.2) is 0 Å². The molecule has 0 radical (unpaired) electrons. The van der Waals surface area contributed by atoms with Crippen LogP contribution < -0.4 is 10.6 Å². The van der Waals surface area contributed by atoms with Gasteiger partial charge in [0, 0.05) is 31.2 Å². The van der Waals surface area contributed by atoms with Crippen LogP contribution in [0.4, 0.5) is 5.82 Å². The van der Waals surface area contributed by atoms with Gasteiger partial charge in [-0.1, -0.05) is 20.3 Å². The molecular formula is C17H32N4. The molecule has 0 spiro atoms. The summed E-state index contributed by atoms with van der Waals surface area (Å²) in [7, 11) is 2.08. The summed E-state index contributed by atoms with van der Waals surface area (Å²) in [5.74, 6) is 1.33. The van der Waals surface area contributed by atoms with Crippen LogP contribution in [-0.2, 0) is 13.5 Å². The molecule has 1 fully saturated rings. The van der Waals surface area contributed by atoms with Gasteiger partial charge in [-0.25, -0.2) is 0 Å². The molecule has 2 heterocycles. The summed E-state index contributed by atoms with van der Waals surface area (Å²) in [6, 6.07) is 0.913. The lowest BCUT2D eigenvalue weighted by atomic mass is 9.96. The van der Waals surface area contributed by atoms with Crippen molar-refractivity contribution in [2.45, 2.75) is 77.8 Å². The van der Waals surface area contributed by atoms with E-state index >= 15 is 0 Å². The molecule has 1 aromatic heterocycles. The molecule has 2 rings (SSSR count). The van der Waals surface area contributed by atoms with E-state index in [4.69, 9.17) is 5.73 Å². The second kappa shape index (κ2) is 7.30. The van der Waals surface area contributed by atoms with Crippen LogP contribution in [0, 0.1) is 6.92 Å². The number of rotatable bonds is 6. The third kappa shape index (κ3) is 3.60. The molecule has 2 unspecified atom stereocenters. The summed E-state index contributed by atoms with van der Waals surface area (Å²) >= 11 is 0. The van der Waals surface area contributed by atoms with Crippen LogP contribution in [0.25, 0.3) is 0 Å². The maximum absolute atomic E-state index is 6.22. The van der Waals surface area contributed by atoms with E-state index < -0.39 is 0 Å². The van der Waals surface area contributed by atoms with Crippen molar-refractivity contribution in [3.05, 3.63) is 11.3 Å². The van der Waals surface area contributed by atoms with Gasteiger partial charge < -0.3 is 10.6 Å². The van der Waals surface area contributed by atoms with Crippen molar-refractivity contribution < 1.29 is 0 Å². The lowest BCUT2D eigenvalue weighted by Gasteiger charge is -2.38. The molecule has 0 aromatic carbocycles. The standard InChI is InChI=1S/C17H32N4/c1-5-9-15-10-7-8-11-21(15)17-16(12-14(18)6-2)13(3)19-20(17)4/h14-15H,5-12,18H2,1-4H3. The van der Waals surface area contributed by atoms with E-state index in [1.54, 1.807) is 0 Å². The molecule has 2 atom stereocenters. The summed E-state index contributed by atoms with van der Waals surface area (Å²) in [4.78, 5) is 2.62. The molecule has 21 heavy (non-hydrogen) atoms. The van der Waals surface area contributed by atoms with E-state index in [-0.39, 0.29) is 6.04 Å². The Hall–Kier alpha value is -1.03. The Kier molecular flexibility index (Phi) is 5.68. The number of nitrogens with zero attached hydrogens (tertiary/aromatic N) is 3. The highest BCUT2D eigenvalue weighted by Gasteiger charge is 2.28. The maximum atomic E-state index is 6.22. The molecule has 120 valence electrons. The van der Waals surface area contributed by atoms with Crippen molar-refractivity contribution in [2.75, 3.05) is 11.4 Å². The zero-order chi connectivity index (χ0) is 15.4. The molecule has 0 saturated carbocycles. The third-order valence-corrected chi connectivity index (χ3v) is 4.82. The fraction of sp³-hybridized carbons (Fsp3) is 0.824. The smallest absolute Gasteiger partial charge is 0.130 e. The van der Waals surface area contributed by atoms with E-state index in [2.05, 4.69) is 42.5 Å². The Balaban J connectivity index is 2.31. The minimum Gasteiger partial charge on any atom is -0.354 e. The lowest BCUT2D eigenvalue weighted by Crippen LogP contribution is -2.41. The molecule has 2 N–H and O–H groups in total. The van der Waals surface area contributed by atoms with Crippen molar-refractivity contribution in [3.63, 3.8) is 0 Å². The minimum absolute atomic E-state index is 0.237. The van der Waals surface area contributed by atoms with Crippen molar-refractivity contribution in [1.29, 1.82) is 0 Å². The lowest BCUT2D eigenvalue weighted by molar-refractivity contribution is 0.425. The van der Waals surface area contributed by atoms with Crippen molar-refractivity contribution in [1.82, 2.24) is 9.78 Å². The highest BCUT2D eigenvalue weighted by atomic mass is 15.4. The summed E-state index contributed by atoms with van der Waals surface area (Å²) in [6.45, 7) is 7.74. The number of hydrogen-bond donors (Lipinski definition) is 1. The van der Waals surface area contributed by atoms with E-state index in [1.807, 2.05) is 0 Å². The number of aromatic nitrogens is 2. The molecule has 1 saturated heterocycles. The second-order valence-electron chi connectivity index (χ2n) is 6.52. The number of piperidine rings is 1. The second-order valence-corrected chi connectivity index (χ2v) is 6.52. The molecule has 4 nitrogen and oxygen atoms in total. The van der Waals surface area contributed by atoms with Gasteiger partial charge in [-0.05, 0) is 45.4 Å². The topological polar surface area (TPSA) is 47.1 Å². The Morgan fingerprint density at radius 3 is 2.76 bits per heavy atom. The number of aryl methyl sites for hydroxylation is 2. The molecule has 4 heteroatoms. The van der Waals surface area contributed by atoms with Gasteiger partial charge in [0.05, 0.1) is 5.69 Å².